The van der Waals surface area contributed by atoms with Gasteiger partial charge in [0.25, 0.3) is 0 Å². The van der Waals surface area contributed by atoms with Crippen molar-refractivity contribution in [1.29, 1.82) is 0 Å². The van der Waals surface area contributed by atoms with E-state index in [0.29, 0.717) is 25.9 Å². The summed E-state index contributed by atoms with van der Waals surface area (Å²) in [5, 5.41) is 9.17. The third-order valence-corrected chi connectivity index (χ3v) is 2.88. The van der Waals surface area contributed by atoms with Gasteiger partial charge < -0.3 is 21.5 Å². The van der Waals surface area contributed by atoms with Gasteiger partial charge in [-0.25, -0.2) is 9.59 Å². The van der Waals surface area contributed by atoms with E-state index >= 15 is 0 Å². The lowest BCUT2D eigenvalue weighted by molar-refractivity contribution is -0.142. The average molecular weight is 259 g/mol. The molecule has 0 rings (SSSR count). The zero-order valence-electron chi connectivity index (χ0n) is 11.1. The van der Waals surface area contributed by atoms with Crippen molar-refractivity contribution in [1.82, 2.24) is 4.90 Å². The van der Waals surface area contributed by atoms with Crippen molar-refractivity contribution in [3.63, 3.8) is 0 Å². The van der Waals surface area contributed by atoms with Crippen LogP contribution < -0.4 is 11.5 Å². The Morgan fingerprint density at radius 3 is 2.33 bits per heavy atom. The molecule has 5 N–H and O–H groups in total. The molecule has 6 heteroatoms. The minimum absolute atomic E-state index is 0.404. The molecule has 0 aliphatic heterocycles. The first kappa shape index (κ1) is 16.7. The third-order valence-electron chi connectivity index (χ3n) is 2.88. The standard InChI is InChI=1S/C12H25N3O3/c1-2-3-6-9-15(12(14)18)10(11(16)17)7-4-5-8-13/h10H,2-9,13H2,1H3,(H2,14,18)(H,16,17). The van der Waals surface area contributed by atoms with E-state index in [4.69, 9.17) is 16.6 Å². The molecular weight excluding hydrogens is 234 g/mol. The van der Waals surface area contributed by atoms with E-state index in [-0.39, 0.29) is 0 Å². The normalized spacial score (nSPS) is 12.1. The molecule has 0 aliphatic rings. The molecule has 2 amide bonds. The lowest BCUT2D eigenvalue weighted by atomic mass is 10.1. The van der Waals surface area contributed by atoms with Gasteiger partial charge in [-0.3, -0.25) is 0 Å². The second kappa shape index (κ2) is 9.70. The molecule has 0 radical (unpaired) electrons. The van der Waals surface area contributed by atoms with E-state index in [0.717, 1.165) is 25.7 Å². The maximum absolute atomic E-state index is 11.3. The molecule has 0 aromatic carbocycles. The lowest BCUT2D eigenvalue weighted by Crippen LogP contribution is -2.48. The molecule has 0 aliphatic carbocycles. The minimum atomic E-state index is -0.998. The Kier molecular flexibility index (Phi) is 9.00. The maximum atomic E-state index is 11.3. The monoisotopic (exact) mass is 259 g/mol. The van der Waals surface area contributed by atoms with Crippen LogP contribution in [0.5, 0.6) is 0 Å². The van der Waals surface area contributed by atoms with Gasteiger partial charge in [-0.15, -0.1) is 0 Å². The number of hydrogen-bond acceptors (Lipinski definition) is 3. The zero-order chi connectivity index (χ0) is 14.0. The number of primary amides is 1. The smallest absolute Gasteiger partial charge is 0.326 e. The highest BCUT2D eigenvalue weighted by molar-refractivity contribution is 5.81. The minimum Gasteiger partial charge on any atom is -0.480 e. The highest BCUT2D eigenvalue weighted by Gasteiger charge is 2.27. The third kappa shape index (κ3) is 6.44. The number of carbonyl (C=O) groups is 2. The summed E-state index contributed by atoms with van der Waals surface area (Å²) in [6, 6.07) is -1.49. The van der Waals surface area contributed by atoms with Crippen molar-refractivity contribution in [2.75, 3.05) is 13.1 Å². The largest absolute Gasteiger partial charge is 0.480 e. The van der Waals surface area contributed by atoms with Crippen LogP contribution in [0.2, 0.25) is 0 Å². The number of nitrogens with zero attached hydrogens (tertiary/aromatic N) is 1. The predicted octanol–water partition coefficient (Wildman–Crippen LogP) is 1.14. The first-order valence-corrected chi connectivity index (χ1v) is 6.53. The molecule has 0 heterocycles. The zero-order valence-corrected chi connectivity index (χ0v) is 11.1. The maximum Gasteiger partial charge on any atom is 0.326 e. The summed E-state index contributed by atoms with van der Waals surface area (Å²) >= 11 is 0. The summed E-state index contributed by atoms with van der Waals surface area (Å²) in [5.41, 5.74) is 10.6. The number of urea groups is 1. The summed E-state index contributed by atoms with van der Waals surface area (Å²) in [6.45, 7) is 2.98. The van der Waals surface area contributed by atoms with Gasteiger partial charge >= 0.3 is 12.0 Å². The van der Waals surface area contributed by atoms with Crippen LogP contribution in [0.3, 0.4) is 0 Å². The Balaban J connectivity index is 4.45. The first-order chi connectivity index (χ1) is 8.54. The van der Waals surface area contributed by atoms with E-state index in [1.165, 1.54) is 4.90 Å². The van der Waals surface area contributed by atoms with E-state index in [1.54, 1.807) is 0 Å². The number of rotatable bonds is 10. The molecule has 0 saturated heterocycles. The number of carboxylic acids is 1. The van der Waals surface area contributed by atoms with Crippen molar-refractivity contribution in [2.24, 2.45) is 11.5 Å². The first-order valence-electron chi connectivity index (χ1n) is 6.53. The molecule has 0 aromatic heterocycles. The molecule has 18 heavy (non-hydrogen) atoms. The van der Waals surface area contributed by atoms with E-state index in [9.17, 15) is 9.59 Å². The van der Waals surface area contributed by atoms with Crippen LogP contribution in [0.25, 0.3) is 0 Å². The van der Waals surface area contributed by atoms with Gasteiger partial charge in [0.05, 0.1) is 0 Å². The van der Waals surface area contributed by atoms with Crippen LogP contribution in [0.15, 0.2) is 0 Å². The molecule has 0 aromatic rings. The number of hydrogen-bond donors (Lipinski definition) is 3. The Hall–Kier alpha value is -1.30. The molecular formula is C12H25N3O3. The number of aliphatic carboxylic acids is 1. The lowest BCUT2D eigenvalue weighted by Gasteiger charge is -2.27. The number of nitrogens with two attached hydrogens (primary N) is 2. The van der Waals surface area contributed by atoms with Crippen LogP contribution in [0.1, 0.15) is 45.4 Å². The van der Waals surface area contributed by atoms with E-state index in [2.05, 4.69) is 0 Å². The van der Waals surface area contributed by atoms with Gasteiger partial charge in [0, 0.05) is 6.54 Å². The molecule has 1 atom stereocenters. The molecule has 1 unspecified atom stereocenters. The molecule has 0 spiro atoms. The van der Waals surface area contributed by atoms with Gasteiger partial charge in [0.15, 0.2) is 0 Å². The Bertz CT molecular complexity index is 233. The van der Waals surface area contributed by atoms with Gasteiger partial charge in [-0.05, 0) is 32.2 Å². The second-order valence-electron chi connectivity index (χ2n) is 4.38. The second-order valence-corrected chi connectivity index (χ2v) is 4.38. The SMILES string of the molecule is CCCCCN(C(N)=O)C(CCCCN)C(=O)O. The van der Waals surface area contributed by atoms with Gasteiger partial charge in [-0.1, -0.05) is 19.8 Å². The highest BCUT2D eigenvalue weighted by Crippen LogP contribution is 2.11. The van der Waals surface area contributed by atoms with Crippen molar-refractivity contribution >= 4 is 12.0 Å². The molecule has 0 bridgehead atoms. The van der Waals surface area contributed by atoms with Crippen LogP contribution in [-0.2, 0) is 4.79 Å². The predicted molar refractivity (Wildman–Crippen MR) is 70.1 cm³/mol. The summed E-state index contributed by atoms with van der Waals surface area (Å²) in [5.74, 6) is -0.998. The van der Waals surface area contributed by atoms with Crippen molar-refractivity contribution in [3.05, 3.63) is 0 Å². The Labute approximate surface area is 108 Å². The Morgan fingerprint density at radius 2 is 1.89 bits per heavy atom. The van der Waals surface area contributed by atoms with Gasteiger partial charge in [0.2, 0.25) is 0 Å². The molecule has 106 valence electrons. The average Bonchev–Trinajstić information content (AvgIpc) is 2.31. The highest BCUT2D eigenvalue weighted by atomic mass is 16.4. The van der Waals surface area contributed by atoms with E-state index in [1.807, 2.05) is 6.92 Å². The number of carbonyl (C=O) groups excluding carboxylic acids is 1. The quantitative estimate of drug-likeness (QED) is 0.511. The number of carboxylic acid groups (broad SMARTS) is 1. The van der Waals surface area contributed by atoms with Crippen LogP contribution >= 0.6 is 0 Å². The fourth-order valence-electron chi connectivity index (χ4n) is 1.85. The molecule has 6 nitrogen and oxygen atoms in total. The topological polar surface area (TPSA) is 110 Å². The van der Waals surface area contributed by atoms with Crippen molar-refractivity contribution < 1.29 is 14.7 Å². The fourth-order valence-corrected chi connectivity index (χ4v) is 1.85. The van der Waals surface area contributed by atoms with Crippen molar-refractivity contribution in [2.45, 2.75) is 51.5 Å². The number of unbranched alkanes of at least 4 members (excludes halogenated alkanes) is 3. The van der Waals surface area contributed by atoms with E-state index < -0.39 is 18.0 Å². The summed E-state index contributed by atoms with van der Waals surface area (Å²) in [6.07, 6.45) is 4.59. The van der Waals surface area contributed by atoms with Crippen LogP contribution in [-0.4, -0.2) is 41.1 Å². The molecule has 0 fully saturated rings. The summed E-state index contributed by atoms with van der Waals surface area (Å²) in [4.78, 5) is 23.8. The molecule has 0 saturated carbocycles. The van der Waals surface area contributed by atoms with Gasteiger partial charge in [-0.2, -0.15) is 0 Å². The van der Waals surface area contributed by atoms with Crippen LogP contribution in [0.4, 0.5) is 4.79 Å². The van der Waals surface area contributed by atoms with Gasteiger partial charge in [0.1, 0.15) is 6.04 Å². The van der Waals surface area contributed by atoms with Crippen molar-refractivity contribution in [3.8, 4) is 0 Å². The Morgan fingerprint density at radius 1 is 1.22 bits per heavy atom. The number of amides is 2. The van der Waals surface area contributed by atoms with Crippen LogP contribution in [0, 0.1) is 0 Å². The fraction of sp³-hybridized carbons (Fsp3) is 0.833. The summed E-state index contributed by atoms with van der Waals surface area (Å²) < 4.78 is 0. The summed E-state index contributed by atoms with van der Waals surface area (Å²) in [7, 11) is 0.